The van der Waals surface area contributed by atoms with Crippen molar-refractivity contribution in [3.63, 3.8) is 0 Å². The van der Waals surface area contributed by atoms with Crippen LogP contribution in [0, 0.1) is 0 Å². The predicted octanol–water partition coefficient (Wildman–Crippen LogP) is 3.73. The number of pyridine rings is 2. The quantitative estimate of drug-likeness (QED) is 0.139. The molecular formula is C34H32N6O4. The lowest BCUT2D eigenvalue weighted by Crippen LogP contribution is -2.36. The van der Waals surface area contributed by atoms with Gasteiger partial charge in [0, 0.05) is 49.0 Å². The highest BCUT2D eigenvalue weighted by atomic mass is 16.2. The van der Waals surface area contributed by atoms with Crippen LogP contribution in [-0.4, -0.2) is 46.7 Å². The molecule has 222 valence electrons. The fourth-order valence-electron chi connectivity index (χ4n) is 3.99. The fourth-order valence-corrected chi connectivity index (χ4v) is 3.99. The maximum Gasteiger partial charge on any atom is 0.267 e. The molecule has 0 aliphatic carbocycles. The summed E-state index contributed by atoms with van der Waals surface area (Å²) in [4.78, 5) is 59.6. The summed E-state index contributed by atoms with van der Waals surface area (Å²) in [7, 11) is 0. The van der Waals surface area contributed by atoms with Crippen molar-refractivity contribution in [3.05, 3.63) is 143 Å². The van der Waals surface area contributed by atoms with Crippen molar-refractivity contribution in [1.29, 1.82) is 0 Å². The third-order valence-corrected chi connectivity index (χ3v) is 6.22. The maximum atomic E-state index is 13.0. The smallest absolute Gasteiger partial charge is 0.267 e. The van der Waals surface area contributed by atoms with Crippen LogP contribution in [0.4, 0.5) is 0 Å². The van der Waals surface area contributed by atoms with Crippen LogP contribution in [-0.2, 0) is 9.59 Å². The van der Waals surface area contributed by atoms with Crippen LogP contribution in [0.25, 0.3) is 12.2 Å². The van der Waals surface area contributed by atoms with Crippen molar-refractivity contribution in [2.75, 3.05) is 13.1 Å². The molecule has 0 aliphatic heterocycles. The van der Waals surface area contributed by atoms with E-state index in [0.717, 1.165) is 0 Å². The van der Waals surface area contributed by atoms with Crippen molar-refractivity contribution in [2.45, 2.75) is 12.8 Å². The molecule has 10 nitrogen and oxygen atoms in total. The molecule has 2 aromatic heterocycles. The van der Waals surface area contributed by atoms with Gasteiger partial charge in [0.25, 0.3) is 23.6 Å². The molecule has 0 aliphatic rings. The van der Waals surface area contributed by atoms with Gasteiger partial charge in [-0.25, -0.2) is 0 Å². The summed E-state index contributed by atoms with van der Waals surface area (Å²) < 4.78 is 0. The lowest BCUT2D eigenvalue weighted by molar-refractivity contribution is -0.118. The number of amides is 4. The lowest BCUT2D eigenvalue weighted by atomic mass is 10.2. The molecule has 0 saturated heterocycles. The zero-order valence-electron chi connectivity index (χ0n) is 23.9. The van der Waals surface area contributed by atoms with Crippen LogP contribution >= 0.6 is 0 Å². The molecule has 0 bridgehead atoms. The Hall–Kier alpha value is -5.90. The van der Waals surface area contributed by atoms with Crippen LogP contribution in [0.3, 0.4) is 0 Å². The minimum absolute atomic E-state index is 0.0829. The van der Waals surface area contributed by atoms with Gasteiger partial charge >= 0.3 is 0 Å². The third kappa shape index (κ3) is 9.88. The Morgan fingerprint density at radius 3 is 1.32 bits per heavy atom. The van der Waals surface area contributed by atoms with Gasteiger partial charge in [-0.3, -0.25) is 29.1 Å². The van der Waals surface area contributed by atoms with E-state index in [1.165, 1.54) is 0 Å². The van der Waals surface area contributed by atoms with Crippen LogP contribution in [0.15, 0.2) is 121 Å². The Balaban J connectivity index is 1.30. The van der Waals surface area contributed by atoms with Gasteiger partial charge in [0.05, 0.1) is 0 Å². The maximum absolute atomic E-state index is 13.0. The number of nitrogens with zero attached hydrogens (tertiary/aromatic N) is 2. The highest BCUT2D eigenvalue weighted by molar-refractivity contribution is 6.06. The van der Waals surface area contributed by atoms with Crippen LogP contribution in [0.1, 0.15) is 44.7 Å². The van der Waals surface area contributed by atoms with E-state index in [9.17, 15) is 19.2 Å². The SMILES string of the molecule is O=C(NCCCCNC(=O)C(=Cc1cccnc1)NC(=O)c1ccccc1)C(=Cc1cccnc1)NC(=O)c1ccccc1. The molecule has 44 heavy (non-hydrogen) atoms. The molecule has 0 unspecified atom stereocenters. The van der Waals surface area contributed by atoms with E-state index in [1.54, 1.807) is 122 Å². The lowest BCUT2D eigenvalue weighted by Gasteiger charge is -2.12. The molecule has 0 saturated carbocycles. The summed E-state index contributed by atoms with van der Waals surface area (Å²) in [6.45, 7) is 0.618. The first-order valence-electron chi connectivity index (χ1n) is 14.0. The Labute approximate surface area is 255 Å². The second kappa shape index (κ2) is 16.5. The van der Waals surface area contributed by atoms with E-state index in [-0.39, 0.29) is 11.4 Å². The van der Waals surface area contributed by atoms with Gasteiger partial charge < -0.3 is 21.3 Å². The molecule has 4 aromatic rings. The second-order valence-corrected chi connectivity index (χ2v) is 9.55. The fraction of sp³-hybridized carbons (Fsp3) is 0.118. The molecule has 0 fully saturated rings. The minimum Gasteiger partial charge on any atom is -0.351 e. The van der Waals surface area contributed by atoms with E-state index >= 15 is 0 Å². The van der Waals surface area contributed by atoms with Gasteiger partial charge in [-0.2, -0.15) is 0 Å². The molecule has 0 spiro atoms. The van der Waals surface area contributed by atoms with E-state index in [0.29, 0.717) is 48.2 Å². The van der Waals surface area contributed by atoms with Gasteiger partial charge in [0.15, 0.2) is 0 Å². The van der Waals surface area contributed by atoms with Crippen molar-refractivity contribution in [1.82, 2.24) is 31.2 Å². The number of benzene rings is 2. The average molecular weight is 589 g/mol. The van der Waals surface area contributed by atoms with Crippen molar-refractivity contribution < 1.29 is 19.2 Å². The Kier molecular flexibility index (Phi) is 11.7. The molecule has 2 heterocycles. The van der Waals surface area contributed by atoms with Gasteiger partial charge in [-0.15, -0.1) is 0 Å². The van der Waals surface area contributed by atoms with Gasteiger partial charge in [-0.05, 0) is 72.5 Å². The largest absolute Gasteiger partial charge is 0.351 e. The summed E-state index contributed by atoms with van der Waals surface area (Å²) in [5.41, 5.74) is 2.32. The van der Waals surface area contributed by atoms with Crippen LogP contribution in [0.2, 0.25) is 0 Å². The second-order valence-electron chi connectivity index (χ2n) is 9.55. The highest BCUT2D eigenvalue weighted by Gasteiger charge is 2.16. The topological polar surface area (TPSA) is 142 Å². The molecule has 0 radical (unpaired) electrons. The number of unbranched alkanes of at least 4 members (excludes halogenated alkanes) is 1. The van der Waals surface area contributed by atoms with Crippen molar-refractivity contribution in [2.24, 2.45) is 0 Å². The first-order chi connectivity index (χ1) is 21.5. The van der Waals surface area contributed by atoms with E-state index in [4.69, 9.17) is 0 Å². The number of hydrogen-bond acceptors (Lipinski definition) is 6. The summed E-state index contributed by atoms with van der Waals surface area (Å²) >= 11 is 0. The normalized spacial score (nSPS) is 11.3. The number of nitrogens with one attached hydrogen (secondary N) is 4. The molecule has 10 heteroatoms. The van der Waals surface area contributed by atoms with E-state index < -0.39 is 23.6 Å². The Morgan fingerprint density at radius 2 is 0.955 bits per heavy atom. The first kappa shape index (κ1) is 31.0. The third-order valence-electron chi connectivity index (χ3n) is 6.22. The first-order valence-corrected chi connectivity index (χ1v) is 14.0. The summed E-state index contributed by atoms with van der Waals surface area (Å²) in [6.07, 6.45) is 10.6. The highest BCUT2D eigenvalue weighted by Crippen LogP contribution is 2.08. The van der Waals surface area contributed by atoms with E-state index in [2.05, 4.69) is 31.2 Å². The average Bonchev–Trinajstić information content (AvgIpc) is 3.07. The van der Waals surface area contributed by atoms with Gasteiger partial charge in [0.1, 0.15) is 11.4 Å². The minimum atomic E-state index is -0.451. The van der Waals surface area contributed by atoms with Crippen LogP contribution in [0.5, 0.6) is 0 Å². The molecule has 4 rings (SSSR count). The predicted molar refractivity (Wildman–Crippen MR) is 167 cm³/mol. The summed E-state index contributed by atoms with van der Waals surface area (Å²) in [5, 5.41) is 11.0. The molecule has 2 aromatic carbocycles. The summed E-state index contributed by atoms with van der Waals surface area (Å²) in [6, 6.07) is 24.2. The van der Waals surface area contributed by atoms with Crippen LogP contribution < -0.4 is 21.3 Å². The summed E-state index contributed by atoms with van der Waals surface area (Å²) in [5.74, 6) is -1.72. The van der Waals surface area contributed by atoms with Crippen molar-refractivity contribution >= 4 is 35.8 Å². The molecular weight excluding hydrogens is 556 g/mol. The number of carbonyl (C=O) groups is 4. The van der Waals surface area contributed by atoms with Crippen molar-refractivity contribution in [3.8, 4) is 0 Å². The molecule has 4 amide bonds. The zero-order chi connectivity index (χ0) is 31.0. The number of aromatic nitrogens is 2. The number of hydrogen-bond donors (Lipinski definition) is 4. The number of rotatable bonds is 13. The standard InChI is InChI=1S/C34H32N6O4/c41-31(27-13-3-1-4-14-27)39-29(21-25-11-9-17-35-23-25)33(43)37-19-7-8-20-38-34(44)30(22-26-12-10-18-36-24-26)40-32(42)28-15-5-2-6-16-28/h1-6,9-18,21-24H,7-8,19-20H2,(H,37,43)(H,38,44)(H,39,41)(H,40,42). The Bertz CT molecular complexity index is 1490. The molecule has 0 atom stereocenters. The van der Waals surface area contributed by atoms with Gasteiger partial charge in [-0.1, -0.05) is 48.5 Å². The Morgan fingerprint density at radius 1 is 0.545 bits per heavy atom. The monoisotopic (exact) mass is 588 g/mol. The number of carbonyl (C=O) groups excluding carboxylic acids is 4. The molecule has 4 N–H and O–H groups in total. The van der Waals surface area contributed by atoms with Gasteiger partial charge in [0.2, 0.25) is 0 Å². The zero-order valence-corrected chi connectivity index (χ0v) is 23.9. The van der Waals surface area contributed by atoms with E-state index in [1.807, 2.05) is 0 Å².